The minimum Gasteiger partial charge on any atom is -0.0773 e. The van der Waals surface area contributed by atoms with E-state index < -0.39 is 0 Å². The molecule has 0 amide bonds. The van der Waals surface area contributed by atoms with Crippen molar-refractivity contribution >= 4 is 0 Å². The van der Waals surface area contributed by atoms with Gasteiger partial charge >= 0.3 is 0 Å². The van der Waals surface area contributed by atoms with Gasteiger partial charge in [0.15, 0.2) is 0 Å². The van der Waals surface area contributed by atoms with Gasteiger partial charge in [0.1, 0.15) is 0 Å². The quantitative estimate of drug-likeness (QED) is 0.480. The van der Waals surface area contributed by atoms with Crippen LogP contribution in [0.5, 0.6) is 0 Å². The van der Waals surface area contributed by atoms with Crippen molar-refractivity contribution in [2.75, 3.05) is 0 Å². The molecule has 0 N–H and O–H groups in total. The van der Waals surface area contributed by atoms with E-state index in [2.05, 4.69) is 24.3 Å². The molecule has 0 radical (unpaired) electrons. The molecule has 0 spiro atoms. The second kappa shape index (κ2) is 1.48. The molecule has 0 aliphatic heterocycles. The first-order valence-electron chi connectivity index (χ1n) is 3.32. The van der Waals surface area contributed by atoms with E-state index in [1.54, 1.807) is 0 Å². The van der Waals surface area contributed by atoms with E-state index in [0.29, 0.717) is 0 Å². The van der Waals surface area contributed by atoms with Crippen molar-refractivity contribution in [2.45, 2.75) is 12.8 Å². The monoisotopic (exact) mass is 106 g/mol. The number of hydrogen-bond acceptors (Lipinski definition) is 0. The Morgan fingerprint density at radius 3 is 2.12 bits per heavy atom. The lowest BCUT2D eigenvalue weighted by Gasteiger charge is -1.97. The van der Waals surface area contributed by atoms with Gasteiger partial charge < -0.3 is 0 Å². The zero-order chi connectivity index (χ0) is 5.40. The van der Waals surface area contributed by atoms with Crippen LogP contribution in [0, 0.1) is 11.8 Å². The van der Waals surface area contributed by atoms with Crippen LogP contribution >= 0.6 is 0 Å². The predicted octanol–water partition coefficient (Wildman–Crippen LogP) is 2.14. The minimum atomic E-state index is 0.815. The molecule has 0 saturated heterocycles. The first-order valence-corrected chi connectivity index (χ1v) is 3.32. The Bertz CT molecular complexity index is 126. The topological polar surface area (TPSA) is 0 Å². The van der Waals surface area contributed by atoms with Gasteiger partial charge in [-0.25, -0.2) is 0 Å². The Labute approximate surface area is 49.9 Å². The Hall–Kier alpha value is -0.520. The molecule has 0 aromatic heterocycles. The first-order chi connectivity index (χ1) is 3.97. The number of allylic oxidation sites excluding steroid dienone is 4. The summed E-state index contributed by atoms with van der Waals surface area (Å²) in [6, 6.07) is 0. The van der Waals surface area contributed by atoms with Crippen LogP contribution in [-0.4, -0.2) is 0 Å². The first kappa shape index (κ1) is 4.37. The standard InChI is InChI=1S/C8H10/c1-2-4-7(3-1)8-5-6-8/h1-4,7-8H,5-6H2. The smallest absolute Gasteiger partial charge is 0.00190 e. The van der Waals surface area contributed by atoms with Gasteiger partial charge in [-0.15, -0.1) is 0 Å². The fourth-order valence-electron chi connectivity index (χ4n) is 1.24. The summed E-state index contributed by atoms with van der Waals surface area (Å²) in [7, 11) is 0. The fourth-order valence-corrected chi connectivity index (χ4v) is 1.24. The van der Waals surface area contributed by atoms with Crippen molar-refractivity contribution in [1.29, 1.82) is 0 Å². The van der Waals surface area contributed by atoms with Gasteiger partial charge in [-0.1, -0.05) is 24.3 Å². The highest BCUT2D eigenvalue weighted by molar-refractivity contribution is 5.20. The maximum atomic E-state index is 2.30. The molecule has 0 aromatic rings. The van der Waals surface area contributed by atoms with E-state index in [1.807, 2.05) is 0 Å². The molecule has 42 valence electrons. The summed E-state index contributed by atoms with van der Waals surface area (Å²) in [5.41, 5.74) is 0. The molecule has 0 atom stereocenters. The molecule has 2 aliphatic rings. The maximum Gasteiger partial charge on any atom is -0.00190 e. The Morgan fingerprint density at radius 1 is 1.00 bits per heavy atom. The third-order valence-corrected chi connectivity index (χ3v) is 1.94. The fraction of sp³-hybridized carbons (Fsp3) is 0.500. The third-order valence-electron chi connectivity index (χ3n) is 1.94. The lowest BCUT2D eigenvalue weighted by Crippen LogP contribution is -1.88. The molecule has 1 fully saturated rings. The second-order valence-electron chi connectivity index (χ2n) is 2.68. The Morgan fingerprint density at radius 2 is 1.62 bits per heavy atom. The van der Waals surface area contributed by atoms with E-state index >= 15 is 0 Å². The summed E-state index contributed by atoms with van der Waals surface area (Å²) < 4.78 is 0. The second-order valence-corrected chi connectivity index (χ2v) is 2.68. The van der Waals surface area contributed by atoms with Crippen LogP contribution in [0.25, 0.3) is 0 Å². The molecule has 1 saturated carbocycles. The molecule has 0 unspecified atom stereocenters. The van der Waals surface area contributed by atoms with Crippen molar-refractivity contribution in [3.63, 3.8) is 0 Å². The van der Waals surface area contributed by atoms with E-state index in [0.717, 1.165) is 11.8 Å². The maximum absolute atomic E-state index is 2.30. The normalized spacial score (nSPS) is 27.5. The average Bonchev–Trinajstić information content (AvgIpc) is 2.49. The van der Waals surface area contributed by atoms with Gasteiger partial charge in [-0.05, 0) is 24.7 Å². The van der Waals surface area contributed by atoms with Gasteiger partial charge in [-0.3, -0.25) is 0 Å². The van der Waals surface area contributed by atoms with Crippen LogP contribution in [0.1, 0.15) is 12.8 Å². The minimum absolute atomic E-state index is 0.815. The lowest BCUT2D eigenvalue weighted by molar-refractivity contribution is 0.703. The van der Waals surface area contributed by atoms with Gasteiger partial charge in [0.25, 0.3) is 0 Å². The van der Waals surface area contributed by atoms with Gasteiger partial charge in [0, 0.05) is 0 Å². The van der Waals surface area contributed by atoms with Crippen molar-refractivity contribution in [2.24, 2.45) is 11.8 Å². The molecule has 2 aliphatic carbocycles. The third kappa shape index (κ3) is 0.605. The summed E-state index contributed by atoms with van der Waals surface area (Å²) in [5.74, 6) is 1.83. The van der Waals surface area contributed by atoms with E-state index in [1.165, 1.54) is 12.8 Å². The van der Waals surface area contributed by atoms with Crippen molar-refractivity contribution in [3.8, 4) is 0 Å². The largest absolute Gasteiger partial charge is 0.0773 e. The predicted molar refractivity (Wildman–Crippen MR) is 34.5 cm³/mol. The molecular formula is C8H10. The molecule has 8 heavy (non-hydrogen) atoms. The number of rotatable bonds is 1. The summed E-state index contributed by atoms with van der Waals surface area (Å²) >= 11 is 0. The van der Waals surface area contributed by atoms with Gasteiger partial charge in [-0.2, -0.15) is 0 Å². The van der Waals surface area contributed by atoms with Crippen LogP contribution in [0.2, 0.25) is 0 Å². The molecular weight excluding hydrogens is 96.1 g/mol. The van der Waals surface area contributed by atoms with E-state index in [9.17, 15) is 0 Å². The molecule has 0 bridgehead atoms. The highest BCUT2D eigenvalue weighted by Crippen LogP contribution is 2.39. The van der Waals surface area contributed by atoms with Crippen molar-refractivity contribution < 1.29 is 0 Å². The van der Waals surface area contributed by atoms with Crippen LogP contribution in [0.15, 0.2) is 24.3 Å². The highest BCUT2D eigenvalue weighted by Gasteiger charge is 2.28. The number of hydrogen-bond donors (Lipinski definition) is 0. The van der Waals surface area contributed by atoms with Crippen LogP contribution in [-0.2, 0) is 0 Å². The molecule has 0 heteroatoms. The summed E-state index contributed by atoms with van der Waals surface area (Å²) in [6.07, 6.45) is 11.8. The lowest BCUT2D eigenvalue weighted by atomic mass is 10.1. The zero-order valence-corrected chi connectivity index (χ0v) is 4.88. The molecule has 0 aromatic carbocycles. The summed E-state index contributed by atoms with van der Waals surface area (Å²) in [4.78, 5) is 0. The van der Waals surface area contributed by atoms with Gasteiger partial charge in [0.2, 0.25) is 0 Å². The summed E-state index contributed by atoms with van der Waals surface area (Å²) in [5, 5.41) is 0. The van der Waals surface area contributed by atoms with Crippen LogP contribution in [0.3, 0.4) is 0 Å². The highest BCUT2D eigenvalue weighted by atomic mass is 14.3. The Kier molecular flexibility index (Phi) is 0.806. The van der Waals surface area contributed by atoms with Crippen molar-refractivity contribution in [1.82, 2.24) is 0 Å². The van der Waals surface area contributed by atoms with Crippen molar-refractivity contribution in [3.05, 3.63) is 24.3 Å². The van der Waals surface area contributed by atoms with Crippen LogP contribution in [0.4, 0.5) is 0 Å². The molecule has 2 rings (SSSR count). The van der Waals surface area contributed by atoms with Crippen LogP contribution < -0.4 is 0 Å². The molecule has 0 nitrogen and oxygen atoms in total. The van der Waals surface area contributed by atoms with E-state index in [-0.39, 0.29) is 0 Å². The molecule has 0 heterocycles. The van der Waals surface area contributed by atoms with E-state index in [4.69, 9.17) is 0 Å². The zero-order valence-electron chi connectivity index (χ0n) is 4.88. The SMILES string of the molecule is C1=CC(C2CC2)C=C1. The Balaban J connectivity index is 2.06. The summed E-state index contributed by atoms with van der Waals surface area (Å²) in [6.45, 7) is 0. The average molecular weight is 106 g/mol. The van der Waals surface area contributed by atoms with Gasteiger partial charge in [0.05, 0.1) is 0 Å².